The topological polar surface area (TPSA) is 38.3 Å². The Balaban J connectivity index is 2.15. The first-order chi connectivity index (χ1) is 9.60. The zero-order valence-corrected chi connectivity index (χ0v) is 13.2. The van der Waals surface area contributed by atoms with Gasteiger partial charge in [-0.1, -0.05) is 17.7 Å². The second kappa shape index (κ2) is 6.77. The SMILES string of the molecule is CCOc1ccc(C(=O)Nc2cccc(Cl)c2)cc1Br. The summed E-state index contributed by atoms with van der Waals surface area (Å²) in [6.45, 7) is 2.48. The van der Waals surface area contributed by atoms with Crippen molar-refractivity contribution in [3.8, 4) is 5.75 Å². The molecule has 0 radical (unpaired) electrons. The van der Waals surface area contributed by atoms with Gasteiger partial charge in [0.15, 0.2) is 0 Å². The van der Waals surface area contributed by atoms with Crippen molar-refractivity contribution in [3.63, 3.8) is 0 Å². The maximum Gasteiger partial charge on any atom is 0.255 e. The normalized spacial score (nSPS) is 10.2. The molecule has 3 nitrogen and oxygen atoms in total. The maximum absolute atomic E-state index is 12.1. The molecule has 0 saturated carbocycles. The monoisotopic (exact) mass is 353 g/mol. The van der Waals surface area contributed by atoms with Crippen LogP contribution in [0.5, 0.6) is 5.75 Å². The summed E-state index contributed by atoms with van der Waals surface area (Å²) in [5, 5.41) is 3.37. The van der Waals surface area contributed by atoms with Gasteiger partial charge in [-0.15, -0.1) is 0 Å². The molecule has 0 aliphatic rings. The zero-order valence-electron chi connectivity index (χ0n) is 10.8. The summed E-state index contributed by atoms with van der Waals surface area (Å²) >= 11 is 9.27. The highest BCUT2D eigenvalue weighted by Crippen LogP contribution is 2.26. The molecule has 2 rings (SSSR count). The molecule has 0 fully saturated rings. The van der Waals surface area contributed by atoms with Crippen LogP contribution in [0, 0.1) is 0 Å². The summed E-state index contributed by atoms with van der Waals surface area (Å²) in [7, 11) is 0. The van der Waals surface area contributed by atoms with Crippen LogP contribution in [0.1, 0.15) is 17.3 Å². The third-order valence-electron chi connectivity index (χ3n) is 2.58. The van der Waals surface area contributed by atoms with Gasteiger partial charge in [-0.3, -0.25) is 4.79 Å². The molecule has 2 aromatic rings. The Morgan fingerprint density at radius 3 is 2.75 bits per heavy atom. The lowest BCUT2D eigenvalue weighted by molar-refractivity contribution is 0.102. The molecule has 1 N–H and O–H groups in total. The Hall–Kier alpha value is -1.52. The van der Waals surface area contributed by atoms with Crippen molar-refractivity contribution in [2.75, 3.05) is 11.9 Å². The molecule has 20 heavy (non-hydrogen) atoms. The number of rotatable bonds is 4. The van der Waals surface area contributed by atoms with Crippen molar-refractivity contribution < 1.29 is 9.53 Å². The van der Waals surface area contributed by atoms with Crippen LogP contribution >= 0.6 is 27.5 Å². The van der Waals surface area contributed by atoms with Gasteiger partial charge in [0.2, 0.25) is 0 Å². The van der Waals surface area contributed by atoms with Gasteiger partial charge < -0.3 is 10.1 Å². The van der Waals surface area contributed by atoms with Crippen LogP contribution < -0.4 is 10.1 Å². The van der Waals surface area contributed by atoms with Gasteiger partial charge in [0.25, 0.3) is 5.91 Å². The van der Waals surface area contributed by atoms with Gasteiger partial charge in [0.1, 0.15) is 5.75 Å². The number of benzene rings is 2. The molecular weight excluding hydrogens is 342 g/mol. The van der Waals surface area contributed by atoms with Gasteiger partial charge in [-0.2, -0.15) is 0 Å². The average Bonchev–Trinajstić information content (AvgIpc) is 2.41. The molecule has 0 aliphatic heterocycles. The van der Waals surface area contributed by atoms with Crippen LogP contribution in [0.2, 0.25) is 5.02 Å². The fourth-order valence-corrected chi connectivity index (χ4v) is 2.37. The number of hydrogen-bond donors (Lipinski definition) is 1. The van der Waals surface area contributed by atoms with Gasteiger partial charge >= 0.3 is 0 Å². The van der Waals surface area contributed by atoms with Crippen molar-refractivity contribution >= 4 is 39.1 Å². The van der Waals surface area contributed by atoms with E-state index in [1.807, 2.05) is 6.92 Å². The van der Waals surface area contributed by atoms with Crippen molar-refractivity contribution in [3.05, 3.63) is 57.5 Å². The second-order valence-electron chi connectivity index (χ2n) is 4.04. The molecule has 0 atom stereocenters. The smallest absolute Gasteiger partial charge is 0.255 e. The van der Waals surface area contributed by atoms with E-state index < -0.39 is 0 Å². The van der Waals surface area contributed by atoms with E-state index in [0.717, 1.165) is 4.47 Å². The van der Waals surface area contributed by atoms with Gasteiger partial charge in [-0.05, 0) is 59.3 Å². The summed E-state index contributed by atoms with van der Waals surface area (Å²) in [4.78, 5) is 12.1. The molecule has 104 valence electrons. The first-order valence-corrected chi connectivity index (χ1v) is 7.26. The lowest BCUT2D eigenvalue weighted by Gasteiger charge is -2.09. The number of amides is 1. The van der Waals surface area contributed by atoms with Crippen molar-refractivity contribution in [2.45, 2.75) is 6.92 Å². The molecule has 2 aromatic carbocycles. The molecular formula is C15H13BrClNO2. The Morgan fingerprint density at radius 2 is 2.10 bits per heavy atom. The number of hydrogen-bond acceptors (Lipinski definition) is 2. The number of ether oxygens (including phenoxy) is 1. The van der Waals surface area contributed by atoms with Crippen LogP contribution in [0.25, 0.3) is 0 Å². The number of carbonyl (C=O) groups is 1. The summed E-state index contributed by atoms with van der Waals surface area (Å²) in [5.41, 5.74) is 1.20. The molecule has 1 amide bonds. The van der Waals surface area contributed by atoms with E-state index in [-0.39, 0.29) is 5.91 Å². The first-order valence-electron chi connectivity index (χ1n) is 6.09. The molecule has 0 aromatic heterocycles. The van der Waals surface area contributed by atoms with Gasteiger partial charge in [0, 0.05) is 16.3 Å². The van der Waals surface area contributed by atoms with E-state index in [1.54, 1.807) is 42.5 Å². The fraction of sp³-hybridized carbons (Fsp3) is 0.133. The van der Waals surface area contributed by atoms with Crippen molar-refractivity contribution in [1.29, 1.82) is 0 Å². The number of halogens is 2. The molecule has 0 saturated heterocycles. The molecule has 5 heteroatoms. The standard InChI is InChI=1S/C15H13BrClNO2/c1-2-20-14-7-6-10(8-13(14)16)15(19)18-12-5-3-4-11(17)9-12/h3-9H,2H2,1H3,(H,18,19). The lowest BCUT2D eigenvalue weighted by atomic mass is 10.2. The third kappa shape index (κ3) is 3.74. The summed E-state index contributed by atoms with van der Waals surface area (Å²) in [6.07, 6.45) is 0. The minimum Gasteiger partial charge on any atom is -0.493 e. The Morgan fingerprint density at radius 1 is 1.30 bits per heavy atom. The summed E-state index contributed by atoms with van der Waals surface area (Å²) < 4.78 is 6.16. The Labute approximate surface area is 131 Å². The fourth-order valence-electron chi connectivity index (χ4n) is 1.68. The highest BCUT2D eigenvalue weighted by molar-refractivity contribution is 9.10. The predicted octanol–water partition coefficient (Wildman–Crippen LogP) is 4.75. The first kappa shape index (κ1) is 14.9. The van der Waals surface area contributed by atoms with Gasteiger partial charge in [-0.25, -0.2) is 0 Å². The van der Waals surface area contributed by atoms with E-state index in [9.17, 15) is 4.79 Å². The lowest BCUT2D eigenvalue weighted by Crippen LogP contribution is -2.11. The number of nitrogens with one attached hydrogen (secondary N) is 1. The average molecular weight is 355 g/mol. The molecule has 0 heterocycles. The van der Waals surface area contributed by atoms with E-state index in [4.69, 9.17) is 16.3 Å². The van der Waals surface area contributed by atoms with Crippen LogP contribution in [0.4, 0.5) is 5.69 Å². The van der Waals surface area contributed by atoms with Crippen molar-refractivity contribution in [2.24, 2.45) is 0 Å². The minimum atomic E-state index is -0.198. The second-order valence-corrected chi connectivity index (χ2v) is 5.33. The summed E-state index contributed by atoms with van der Waals surface area (Å²) in [6, 6.07) is 12.2. The van der Waals surface area contributed by atoms with Crippen molar-refractivity contribution in [1.82, 2.24) is 0 Å². The highest BCUT2D eigenvalue weighted by Gasteiger charge is 2.09. The zero-order chi connectivity index (χ0) is 14.5. The quantitative estimate of drug-likeness (QED) is 0.860. The van der Waals surface area contributed by atoms with Crippen LogP contribution in [0.3, 0.4) is 0 Å². The van der Waals surface area contributed by atoms with E-state index in [0.29, 0.717) is 28.6 Å². The minimum absolute atomic E-state index is 0.198. The van der Waals surface area contributed by atoms with E-state index in [1.165, 1.54) is 0 Å². The molecule has 0 bridgehead atoms. The highest BCUT2D eigenvalue weighted by atomic mass is 79.9. The largest absolute Gasteiger partial charge is 0.493 e. The summed E-state index contributed by atoms with van der Waals surface area (Å²) in [5.74, 6) is 0.517. The van der Waals surface area contributed by atoms with E-state index >= 15 is 0 Å². The predicted molar refractivity (Wildman–Crippen MR) is 84.7 cm³/mol. The van der Waals surface area contributed by atoms with Crippen LogP contribution in [-0.2, 0) is 0 Å². The Bertz CT molecular complexity index is 631. The van der Waals surface area contributed by atoms with Crippen LogP contribution in [-0.4, -0.2) is 12.5 Å². The van der Waals surface area contributed by atoms with Crippen LogP contribution in [0.15, 0.2) is 46.9 Å². The maximum atomic E-state index is 12.1. The number of carbonyl (C=O) groups excluding carboxylic acids is 1. The molecule has 0 spiro atoms. The van der Waals surface area contributed by atoms with E-state index in [2.05, 4.69) is 21.2 Å². The molecule has 0 unspecified atom stereocenters. The Kier molecular flexibility index (Phi) is 5.04. The number of anilines is 1. The third-order valence-corrected chi connectivity index (χ3v) is 3.43. The molecule has 0 aliphatic carbocycles. The van der Waals surface area contributed by atoms with Gasteiger partial charge in [0.05, 0.1) is 11.1 Å².